The van der Waals surface area contributed by atoms with Gasteiger partial charge in [0, 0.05) is 71.7 Å². The summed E-state index contributed by atoms with van der Waals surface area (Å²) < 4.78 is 0. The third-order valence-electron chi connectivity index (χ3n) is 4.37. The summed E-state index contributed by atoms with van der Waals surface area (Å²) >= 11 is 0. The predicted octanol–water partition coefficient (Wildman–Crippen LogP) is 3.40. The van der Waals surface area contributed by atoms with E-state index in [1.54, 1.807) is 0 Å². The van der Waals surface area contributed by atoms with Crippen molar-refractivity contribution in [2.75, 3.05) is 57.0 Å². The molecule has 6 nitrogen and oxygen atoms in total. The molecule has 140 valence electrons. The molecule has 0 aliphatic heterocycles. The van der Waals surface area contributed by atoms with Crippen molar-refractivity contribution in [1.29, 1.82) is 0 Å². The molecule has 27 heavy (non-hydrogen) atoms. The van der Waals surface area contributed by atoms with Crippen molar-refractivity contribution in [1.82, 2.24) is 15.0 Å². The fourth-order valence-corrected chi connectivity index (χ4v) is 2.71. The van der Waals surface area contributed by atoms with Crippen LogP contribution in [0.1, 0.15) is 0 Å². The molecule has 0 atom stereocenters. The monoisotopic (exact) mass is 362 g/mol. The van der Waals surface area contributed by atoms with Crippen molar-refractivity contribution >= 4 is 17.1 Å². The Hall–Kier alpha value is -3.15. The number of anilines is 3. The van der Waals surface area contributed by atoms with Gasteiger partial charge in [-0.3, -0.25) is 9.97 Å². The first-order valence-corrected chi connectivity index (χ1v) is 8.82. The normalized spacial score (nSPS) is 10.6. The zero-order chi connectivity index (χ0) is 19.6. The first-order valence-electron chi connectivity index (χ1n) is 8.82. The van der Waals surface area contributed by atoms with Crippen LogP contribution in [0.5, 0.6) is 0 Å². The van der Waals surface area contributed by atoms with Gasteiger partial charge >= 0.3 is 0 Å². The van der Waals surface area contributed by atoms with E-state index in [1.165, 1.54) is 0 Å². The second kappa shape index (κ2) is 7.61. The maximum Gasteiger partial charge on any atom is 0.0915 e. The quantitative estimate of drug-likeness (QED) is 0.693. The lowest BCUT2D eigenvalue weighted by molar-refractivity contribution is 1.10. The number of nitrogens with zero attached hydrogens (tertiary/aromatic N) is 6. The summed E-state index contributed by atoms with van der Waals surface area (Å²) in [6, 6.07) is 12.2. The highest BCUT2D eigenvalue weighted by Gasteiger charge is 2.12. The molecule has 0 unspecified atom stereocenters. The van der Waals surface area contributed by atoms with E-state index in [1.807, 2.05) is 66.8 Å². The van der Waals surface area contributed by atoms with Crippen molar-refractivity contribution in [2.45, 2.75) is 0 Å². The SMILES string of the molecule is CN(C)c1ccnc(-c2cc(N(C)C)cc(-c3cc(N(C)C)ccn3)n2)c1. The second-order valence-corrected chi connectivity index (χ2v) is 7.08. The maximum atomic E-state index is 4.87. The van der Waals surface area contributed by atoms with Crippen LogP contribution in [0, 0.1) is 0 Å². The first-order chi connectivity index (χ1) is 12.8. The van der Waals surface area contributed by atoms with Crippen LogP contribution in [-0.2, 0) is 0 Å². The van der Waals surface area contributed by atoms with Gasteiger partial charge < -0.3 is 14.7 Å². The zero-order valence-corrected chi connectivity index (χ0v) is 16.8. The Balaban J connectivity index is 2.14. The molecule has 0 radical (unpaired) electrons. The molecule has 0 aliphatic rings. The molecular weight excluding hydrogens is 336 g/mol. The Morgan fingerprint density at radius 2 is 0.889 bits per heavy atom. The summed E-state index contributed by atoms with van der Waals surface area (Å²) in [6.45, 7) is 0. The van der Waals surface area contributed by atoms with Crippen LogP contribution in [0.25, 0.3) is 22.8 Å². The molecule has 0 aliphatic carbocycles. The molecule has 6 heteroatoms. The van der Waals surface area contributed by atoms with Crippen molar-refractivity contribution < 1.29 is 0 Å². The van der Waals surface area contributed by atoms with Gasteiger partial charge in [0.15, 0.2) is 0 Å². The van der Waals surface area contributed by atoms with Crippen molar-refractivity contribution in [3.8, 4) is 22.8 Å². The molecule has 3 aromatic heterocycles. The van der Waals surface area contributed by atoms with Crippen LogP contribution < -0.4 is 14.7 Å². The highest BCUT2D eigenvalue weighted by atomic mass is 15.1. The molecular formula is C21H26N6. The lowest BCUT2D eigenvalue weighted by Gasteiger charge is -2.17. The molecule has 3 heterocycles. The van der Waals surface area contributed by atoms with Gasteiger partial charge in [-0.15, -0.1) is 0 Å². The standard InChI is InChI=1S/C21H26N6/c1-25(2)15-7-9-22-18(11-15)20-13-17(27(5)6)14-21(24-20)19-12-16(26(3)4)8-10-23-19/h7-14H,1-6H3. The molecule has 0 amide bonds. The summed E-state index contributed by atoms with van der Waals surface area (Å²) in [4.78, 5) is 20.1. The van der Waals surface area contributed by atoms with Crippen LogP contribution in [-0.4, -0.2) is 57.2 Å². The largest absolute Gasteiger partial charge is 0.378 e. The molecule has 0 N–H and O–H groups in total. The highest BCUT2D eigenvalue weighted by Crippen LogP contribution is 2.29. The molecule has 0 bridgehead atoms. The van der Waals surface area contributed by atoms with Gasteiger partial charge in [-0.1, -0.05) is 0 Å². The first kappa shape index (κ1) is 18.6. The van der Waals surface area contributed by atoms with E-state index in [9.17, 15) is 0 Å². The van der Waals surface area contributed by atoms with Crippen molar-refractivity contribution in [2.24, 2.45) is 0 Å². The fourth-order valence-electron chi connectivity index (χ4n) is 2.71. The number of hydrogen-bond acceptors (Lipinski definition) is 6. The average molecular weight is 362 g/mol. The van der Waals surface area contributed by atoms with Crippen molar-refractivity contribution in [3.63, 3.8) is 0 Å². The summed E-state index contributed by atoms with van der Waals surface area (Å²) in [5.41, 5.74) is 6.58. The fraction of sp³-hybridized carbons (Fsp3) is 0.286. The van der Waals surface area contributed by atoms with Crippen LogP contribution in [0.2, 0.25) is 0 Å². The molecule has 0 fully saturated rings. The predicted molar refractivity (Wildman–Crippen MR) is 114 cm³/mol. The number of rotatable bonds is 5. The van der Waals surface area contributed by atoms with E-state index < -0.39 is 0 Å². The Labute approximate surface area is 161 Å². The van der Waals surface area contributed by atoms with E-state index in [0.717, 1.165) is 39.8 Å². The average Bonchev–Trinajstić information content (AvgIpc) is 2.67. The Morgan fingerprint density at radius 1 is 0.519 bits per heavy atom. The van der Waals surface area contributed by atoms with Crippen LogP contribution in [0.15, 0.2) is 48.8 Å². The minimum Gasteiger partial charge on any atom is -0.378 e. The van der Waals surface area contributed by atoms with Gasteiger partial charge in [0.2, 0.25) is 0 Å². The minimum absolute atomic E-state index is 0.831. The number of hydrogen-bond donors (Lipinski definition) is 0. The summed E-state index contributed by atoms with van der Waals surface area (Å²) in [6.07, 6.45) is 3.64. The summed E-state index contributed by atoms with van der Waals surface area (Å²) in [5.74, 6) is 0. The van der Waals surface area contributed by atoms with E-state index in [4.69, 9.17) is 4.98 Å². The number of pyridine rings is 3. The van der Waals surface area contributed by atoms with Gasteiger partial charge in [-0.2, -0.15) is 0 Å². The van der Waals surface area contributed by atoms with E-state index in [0.29, 0.717) is 0 Å². The van der Waals surface area contributed by atoms with Gasteiger partial charge in [0.25, 0.3) is 0 Å². The van der Waals surface area contributed by atoms with Gasteiger partial charge in [0.05, 0.1) is 22.8 Å². The van der Waals surface area contributed by atoms with Crippen LogP contribution >= 0.6 is 0 Å². The lowest BCUT2D eigenvalue weighted by atomic mass is 10.1. The van der Waals surface area contributed by atoms with Crippen molar-refractivity contribution in [3.05, 3.63) is 48.8 Å². The van der Waals surface area contributed by atoms with Gasteiger partial charge in [0.1, 0.15) is 0 Å². The summed E-state index contributed by atoms with van der Waals surface area (Å²) in [7, 11) is 12.1. The molecule has 0 spiro atoms. The Kier molecular flexibility index (Phi) is 5.26. The smallest absolute Gasteiger partial charge is 0.0915 e. The minimum atomic E-state index is 0.831. The van der Waals surface area contributed by atoms with Gasteiger partial charge in [-0.05, 0) is 36.4 Å². The Morgan fingerprint density at radius 3 is 1.26 bits per heavy atom. The molecule has 0 saturated carbocycles. The van der Waals surface area contributed by atoms with E-state index >= 15 is 0 Å². The molecule has 0 saturated heterocycles. The molecule has 3 aromatic rings. The number of aromatic nitrogens is 3. The van der Waals surface area contributed by atoms with Crippen LogP contribution in [0.4, 0.5) is 17.1 Å². The third-order valence-corrected chi connectivity index (χ3v) is 4.37. The third kappa shape index (κ3) is 4.16. The zero-order valence-electron chi connectivity index (χ0n) is 16.8. The van der Waals surface area contributed by atoms with E-state index in [2.05, 4.69) is 48.9 Å². The summed E-state index contributed by atoms with van der Waals surface area (Å²) in [5, 5.41) is 0. The molecule has 3 rings (SSSR count). The second-order valence-electron chi connectivity index (χ2n) is 7.08. The maximum absolute atomic E-state index is 4.87. The highest BCUT2D eigenvalue weighted by molar-refractivity contribution is 5.72. The topological polar surface area (TPSA) is 48.4 Å². The van der Waals surface area contributed by atoms with E-state index in [-0.39, 0.29) is 0 Å². The van der Waals surface area contributed by atoms with Gasteiger partial charge in [-0.25, -0.2) is 4.98 Å². The molecule has 0 aromatic carbocycles. The van der Waals surface area contributed by atoms with Crippen LogP contribution in [0.3, 0.4) is 0 Å². The Bertz CT molecular complexity index is 864. The lowest BCUT2D eigenvalue weighted by Crippen LogP contribution is -2.11.